The minimum Gasteiger partial charge on any atom is -0.395 e. The van der Waals surface area contributed by atoms with Gasteiger partial charge in [-0.05, 0) is 86.1 Å². The third-order valence-electron chi connectivity index (χ3n) is 8.68. The highest BCUT2D eigenvalue weighted by atomic mass is 31.2. The maximum atomic E-state index is 12.9. The van der Waals surface area contributed by atoms with E-state index in [9.17, 15) is 9.46 Å². The third kappa shape index (κ3) is 17.3. The highest BCUT2D eigenvalue weighted by Crippen LogP contribution is 2.45. The number of phosphoric acid groups is 1. The van der Waals surface area contributed by atoms with Crippen LogP contribution in [0.25, 0.3) is 0 Å². The highest BCUT2D eigenvalue weighted by molar-refractivity contribution is 7.48. The molecule has 5 heteroatoms. The van der Waals surface area contributed by atoms with Crippen LogP contribution in [-0.4, -0.2) is 4.89 Å². The zero-order chi connectivity index (χ0) is 31.2. The van der Waals surface area contributed by atoms with Crippen LogP contribution in [0, 0.1) is 13.8 Å². The zero-order valence-corrected chi connectivity index (χ0v) is 29.0. The van der Waals surface area contributed by atoms with E-state index in [2.05, 4.69) is 27.7 Å². The summed E-state index contributed by atoms with van der Waals surface area (Å²) in [5.41, 5.74) is 4.72. The van der Waals surface area contributed by atoms with Gasteiger partial charge in [0.05, 0.1) is 0 Å². The molecule has 0 bridgehead atoms. The SMILES string of the molecule is CCCCCCCCCCCCc1cc(OP(=O)(O)Oc2ccc(C)c(CCCCCCCCCCCC)c2)ccc1C. The fourth-order valence-electron chi connectivity index (χ4n) is 5.84. The molecule has 0 atom stereocenters. The van der Waals surface area contributed by atoms with Gasteiger partial charge in [0.25, 0.3) is 0 Å². The molecule has 0 saturated carbocycles. The normalized spacial score (nSPS) is 11.7. The first kappa shape index (κ1) is 37.4. The maximum absolute atomic E-state index is 12.9. The van der Waals surface area contributed by atoms with E-state index in [1.165, 1.54) is 138 Å². The number of rotatable bonds is 26. The molecule has 2 aromatic carbocycles. The summed E-state index contributed by atoms with van der Waals surface area (Å²) in [6.07, 6.45) is 28.1. The summed E-state index contributed by atoms with van der Waals surface area (Å²) in [5.74, 6) is 0.771. The first-order valence-corrected chi connectivity index (χ1v) is 19.2. The summed E-state index contributed by atoms with van der Waals surface area (Å²) >= 11 is 0. The van der Waals surface area contributed by atoms with Gasteiger partial charge in [-0.3, -0.25) is 4.89 Å². The predicted molar refractivity (Wildman–Crippen MR) is 185 cm³/mol. The van der Waals surface area contributed by atoms with Crippen molar-refractivity contribution in [2.45, 2.75) is 169 Å². The van der Waals surface area contributed by atoms with Gasteiger partial charge in [-0.1, -0.05) is 142 Å². The molecule has 2 aromatic rings. The van der Waals surface area contributed by atoms with Gasteiger partial charge in [-0.25, -0.2) is 4.57 Å². The van der Waals surface area contributed by atoms with Crippen molar-refractivity contribution in [2.75, 3.05) is 0 Å². The van der Waals surface area contributed by atoms with E-state index >= 15 is 0 Å². The Morgan fingerprint density at radius 1 is 0.512 bits per heavy atom. The third-order valence-corrected chi connectivity index (χ3v) is 9.57. The lowest BCUT2D eigenvalue weighted by molar-refractivity contribution is 0.290. The standard InChI is InChI=1S/C38H63O4P/c1-5-7-9-11-13-15-17-19-21-23-25-35-31-37(29-27-33(35)3)41-43(39,40)42-38-30-28-34(4)36(32-38)26-24-22-20-18-16-14-12-10-8-6-2/h27-32H,5-26H2,1-4H3,(H,39,40). The van der Waals surface area contributed by atoms with E-state index in [1.807, 2.05) is 24.3 Å². The average molecular weight is 615 g/mol. The van der Waals surface area contributed by atoms with Crippen molar-refractivity contribution in [3.8, 4) is 11.5 Å². The summed E-state index contributed by atoms with van der Waals surface area (Å²) in [4.78, 5) is 10.6. The number of aryl methyl sites for hydroxylation is 4. The van der Waals surface area contributed by atoms with Crippen molar-refractivity contribution in [2.24, 2.45) is 0 Å². The zero-order valence-electron chi connectivity index (χ0n) is 28.1. The fraction of sp³-hybridized carbons (Fsp3) is 0.684. The van der Waals surface area contributed by atoms with Crippen LogP contribution in [0.15, 0.2) is 36.4 Å². The Kier molecular flexibility index (Phi) is 19.7. The summed E-state index contributed by atoms with van der Waals surface area (Å²) in [6, 6.07) is 11.3. The van der Waals surface area contributed by atoms with Gasteiger partial charge in [-0.2, -0.15) is 0 Å². The summed E-state index contributed by atoms with van der Waals surface area (Å²) in [7, 11) is -4.32. The molecule has 0 aliphatic rings. The van der Waals surface area contributed by atoms with Crippen molar-refractivity contribution >= 4 is 7.82 Å². The molecule has 0 heterocycles. The van der Waals surface area contributed by atoms with Gasteiger partial charge in [-0.15, -0.1) is 0 Å². The Morgan fingerprint density at radius 2 is 0.814 bits per heavy atom. The Bertz CT molecular complexity index is 971. The van der Waals surface area contributed by atoms with E-state index in [4.69, 9.17) is 9.05 Å². The van der Waals surface area contributed by atoms with Crippen molar-refractivity contribution in [3.63, 3.8) is 0 Å². The van der Waals surface area contributed by atoms with Gasteiger partial charge < -0.3 is 9.05 Å². The first-order valence-electron chi connectivity index (χ1n) is 17.8. The van der Waals surface area contributed by atoms with Crippen LogP contribution in [0.3, 0.4) is 0 Å². The Labute approximate surface area is 265 Å². The second kappa shape index (κ2) is 22.7. The van der Waals surface area contributed by atoms with E-state index < -0.39 is 7.82 Å². The molecule has 0 radical (unpaired) electrons. The molecule has 244 valence electrons. The molecule has 0 fully saturated rings. The molecule has 0 aromatic heterocycles. The highest BCUT2D eigenvalue weighted by Gasteiger charge is 2.25. The van der Waals surface area contributed by atoms with Crippen LogP contribution in [0.4, 0.5) is 0 Å². The van der Waals surface area contributed by atoms with Crippen molar-refractivity contribution in [1.29, 1.82) is 0 Å². The second-order valence-electron chi connectivity index (χ2n) is 12.7. The summed E-state index contributed by atoms with van der Waals surface area (Å²) in [6.45, 7) is 8.71. The van der Waals surface area contributed by atoms with Gasteiger partial charge in [0.15, 0.2) is 0 Å². The van der Waals surface area contributed by atoms with Gasteiger partial charge in [0.1, 0.15) is 11.5 Å². The van der Waals surface area contributed by atoms with E-state index in [1.54, 1.807) is 12.1 Å². The van der Waals surface area contributed by atoms with Crippen LogP contribution in [-0.2, 0) is 17.4 Å². The Hall–Kier alpha value is -1.77. The lowest BCUT2D eigenvalue weighted by Crippen LogP contribution is -2.02. The van der Waals surface area contributed by atoms with Gasteiger partial charge >= 0.3 is 7.82 Å². The predicted octanol–water partition coefficient (Wildman–Crippen LogP) is 12.8. The Morgan fingerprint density at radius 3 is 1.14 bits per heavy atom. The molecule has 2 rings (SSSR count). The van der Waals surface area contributed by atoms with Gasteiger partial charge in [0.2, 0.25) is 0 Å². The van der Waals surface area contributed by atoms with E-state index in [0.29, 0.717) is 11.5 Å². The minimum absolute atomic E-state index is 0.385. The average Bonchev–Trinajstić information content (AvgIpc) is 2.97. The molecule has 0 saturated heterocycles. The Balaban J connectivity index is 1.75. The van der Waals surface area contributed by atoms with Crippen LogP contribution >= 0.6 is 7.82 Å². The molecule has 0 amide bonds. The fourth-order valence-corrected chi connectivity index (χ4v) is 6.64. The smallest absolute Gasteiger partial charge is 0.395 e. The van der Waals surface area contributed by atoms with Crippen molar-refractivity contribution < 1.29 is 18.5 Å². The summed E-state index contributed by atoms with van der Waals surface area (Å²) < 4.78 is 24.0. The molecule has 4 nitrogen and oxygen atoms in total. The maximum Gasteiger partial charge on any atom is 0.584 e. The lowest BCUT2D eigenvalue weighted by Gasteiger charge is -2.16. The topological polar surface area (TPSA) is 55.8 Å². The number of phosphoric ester groups is 1. The lowest BCUT2D eigenvalue weighted by atomic mass is 10.0. The first-order chi connectivity index (χ1) is 20.8. The van der Waals surface area contributed by atoms with Gasteiger partial charge in [0, 0.05) is 0 Å². The summed E-state index contributed by atoms with van der Waals surface area (Å²) in [5, 5.41) is 0. The second-order valence-corrected chi connectivity index (χ2v) is 14.0. The molecule has 0 aliphatic carbocycles. The van der Waals surface area contributed by atoms with Crippen molar-refractivity contribution in [1.82, 2.24) is 0 Å². The monoisotopic (exact) mass is 614 g/mol. The molecular weight excluding hydrogens is 551 g/mol. The van der Waals surface area contributed by atoms with Crippen LogP contribution in [0.5, 0.6) is 11.5 Å². The number of hydrogen-bond acceptors (Lipinski definition) is 3. The molecule has 43 heavy (non-hydrogen) atoms. The largest absolute Gasteiger partial charge is 0.584 e. The molecule has 0 unspecified atom stereocenters. The quantitative estimate of drug-likeness (QED) is 0.0846. The van der Waals surface area contributed by atoms with E-state index in [0.717, 1.165) is 25.7 Å². The van der Waals surface area contributed by atoms with E-state index in [-0.39, 0.29) is 0 Å². The molecular formula is C38H63O4P. The van der Waals surface area contributed by atoms with Crippen LogP contribution in [0.2, 0.25) is 0 Å². The van der Waals surface area contributed by atoms with Crippen molar-refractivity contribution in [3.05, 3.63) is 58.7 Å². The molecule has 0 aliphatic heterocycles. The van der Waals surface area contributed by atoms with Crippen LogP contribution < -0.4 is 9.05 Å². The van der Waals surface area contributed by atoms with Crippen LogP contribution in [0.1, 0.15) is 165 Å². The minimum atomic E-state index is -4.32. The molecule has 0 spiro atoms. The number of unbranched alkanes of at least 4 members (excludes halogenated alkanes) is 18. The number of benzene rings is 2. The number of hydrogen-bond donors (Lipinski definition) is 1. The molecule has 1 N–H and O–H groups in total.